The molecule has 1 aromatic rings. The number of hydrogen-bond donors (Lipinski definition) is 0. The largest absolute Gasteiger partial charge is 0.100 e. The van der Waals surface area contributed by atoms with Gasteiger partial charge >= 0.3 is 0 Å². The average Bonchev–Trinajstić information content (AvgIpc) is 2.23. The fourth-order valence-corrected chi connectivity index (χ4v) is 2.39. The molecule has 0 bridgehead atoms. The highest BCUT2D eigenvalue weighted by Crippen LogP contribution is 2.25. The molecule has 0 fully saturated rings. The molecule has 0 saturated carbocycles. The Morgan fingerprint density at radius 1 is 1.24 bits per heavy atom. The molecule has 0 aliphatic carbocycles. The Kier molecular flexibility index (Phi) is 4.74. The van der Waals surface area contributed by atoms with Crippen LogP contribution in [-0.4, -0.2) is 0 Å². The van der Waals surface area contributed by atoms with E-state index in [0.29, 0.717) is 0 Å². The zero-order chi connectivity index (χ0) is 13.0. The first-order valence-electron chi connectivity index (χ1n) is 6.34. The molecule has 0 aliphatic rings. The second-order valence-electron chi connectivity index (χ2n) is 4.98. The minimum atomic E-state index is 1.08. The molecule has 0 nitrogen and oxygen atoms in total. The first kappa shape index (κ1) is 13.8. The Morgan fingerprint density at radius 2 is 1.88 bits per heavy atom. The Bertz CT molecular complexity index is 448. The van der Waals surface area contributed by atoms with E-state index < -0.39 is 0 Å². The SMILES string of the molecule is C=C(C)CCc1c(C)cc(C)c(/C=C/C)c1C. The van der Waals surface area contributed by atoms with Gasteiger partial charge in [0.1, 0.15) is 0 Å². The Balaban J connectivity index is 3.20. The molecule has 0 heteroatoms. The van der Waals surface area contributed by atoms with E-state index in [1.807, 2.05) is 0 Å². The molecular formula is C17H24. The Morgan fingerprint density at radius 3 is 2.41 bits per heavy atom. The van der Waals surface area contributed by atoms with Gasteiger partial charge in [0.05, 0.1) is 0 Å². The predicted octanol–water partition coefficient (Wildman–Crippen LogP) is 5.15. The van der Waals surface area contributed by atoms with E-state index in [1.54, 1.807) is 0 Å². The summed E-state index contributed by atoms with van der Waals surface area (Å²) in [6.07, 6.45) is 6.53. The summed E-state index contributed by atoms with van der Waals surface area (Å²) < 4.78 is 0. The molecule has 0 N–H and O–H groups in total. The van der Waals surface area contributed by atoms with Crippen LogP contribution in [0.2, 0.25) is 0 Å². The highest BCUT2D eigenvalue weighted by molar-refractivity contribution is 5.61. The summed E-state index contributed by atoms with van der Waals surface area (Å²) in [5.41, 5.74) is 8.35. The molecular weight excluding hydrogens is 204 g/mol. The van der Waals surface area contributed by atoms with Gasteiger partial charge in [0.25, 0.3) is 0 Å². The number of rotatable bonds is 4. The second kappa shape index (κ2) is 5.86. The third-order valence-corrected chi connectivity index (χ3v) is 3.33. The van der Waals surface area contributed by atoms with Gasteiger partial charge in [-0.2, -0.15) is 0 Å². The van der Waals surface area contributed by atoms with Crippen molar-refractivity contribution in [2.75, 3.05) is 0 Å². The van der Waals surface area contributed by atoms with Crippen LogP contribution in [0, 0.1) is 20.8 Å². The van der Waals surface area contributed by atoms with Gasteiger partial charge in [-0.25, -0.2) is 0 Å². The monoisotopic (exact) mass is 228 g/mol. The minimum Gasteiger partial charge on any atom is -0.100 e. The molecule has 17 heavy (non-hydrogen) atoms. The average molecular weight is 228 g/mol. The van der Waals surface area contributed by atoms with Crippen LogP contribution in [0.25, 0.3) is 6.08 Å². The van der Waals surface area contributed by atoms with Crippen LogP contribution in [0.3, 0.4) is 0 Å². The van der Waals surface area contributed by atoms with Crippen LogP contribution in [0.5, 0.6) is 0 Å². The van der Waals surface area contributed by atoms with Crippen LogP contribution in [0.15, 0.2) is 24.3 Å². The molecule has 0 amide bonds. The van der Waals surface area contributed by atoms with Crippen molar-refractivity contribution in [2.24, 2.45) is 0 Å². The van der Waals surface area contributed by atoms with Gasteiger partial charge in [-0.05, 0) is 75.3 Å². The highest BCUT2D eigenvalue weighted by atomic mass is 14.1. The van der Waals surface area contributed by atoms with E-state index in [-0.39, 0.29) is 0 Å². The zero-order valence-corrected chi connectivity index (χ0v) is 11.9. The summed E-state index contributed by atoms with van der Waals surface area (Å²) in [7, 11) is 0. The predicted molar refractivity (Wildman–Crippen MR) is 78.5 cm³/mol. The third-order valence-electron chi connectivity index (χ3n) is 3.33. The van der Waals surface area contributed by atoms with E-state index in [2.05, 4.69) is 59.4 Å². The number of allylic oxidation sites excluding steroid dienone is 2. The van der Waals surface area contributed by atoms with E-state index >= 15 is 0 Å². The summed E-state index contributed by atoms with van der Waals surface area (Å²) in [4.78, 5) is 0. The third kappa shape index (κ3) is 3.33. The van der Waals surface area contributed by atoms with Crippen molar-refractivity contribution in [2.45, 2.75) is 47.5 Å². The lowest BCUT2D eigenvalue weighted by Gasteiger charge is -2.15. The Hall–Kier alpha value is -1.30. The molecule has 92 valence electrons. The summed E-state index contributed by atoms with van der Waals surface area (Å²) in [6, 6.07) is 2.30. The van der Waals surface area contributed by atoms with Gasteiger partial charge in [-0.3, -0.25) is 0 Å². The van der Waals surface area contributed by atoms with E-state index in [9.17, 15) is 0 Å². The van der Waals surface area contributed by atoms with Crippen LogP contribution >= 0.6 is 0 Å². The fraction of sp³-hybridized carbons (Fsp3) is 0.412. The smallest absolute Gasteiger partial charge is 0.0198 e. The molecule has 0 unspecified atom stereocenters. The molecule has 0 aromatic heterocycles. The highest BCUT2D eigenvalue weighted by Gasteiger charge is 2.08. The molecule has 0 heterocycles. The lowest BCUT2D eigenvalue weighted by molar-refractivity contribution is 0.923. The standard InChI is InChI=1S/C17H24/c1-7-8-16-13(4)11-14(5)17(15(16)6)10-9-12(2)3/h7-8,11H,2,9-10H2,1,3-6H3/b8-7+. The van der Waals surface area contributed by atoms with Gasteiger partial charge in [-0.15, -0.1) is 6.58 Å². The summed E-state index contributed by atoms with van der Waals surface area (Å²) in [6.45, 7) is 14.8. The number of hydrogen-bond acceptors (Lipinski definition) is 0. The topological polar surface area (TPSA) is 0 Å². The quantitative estimate of drug-likeness (QED) is 0.625. The van der Waals surface area contributed by atoms with Gasteiger partial charge in [0, 0.05) is 0 Å². The van der Waals surface area contributed by atoms with E-state index in [0.717, 1.165) is 12.8 Å². The lowest BCUT2D eigenvalue weighted by Crippen LogP contribution is -1.99. The van der Waals surface area contributed by atoms with Crippen molar-refractivity contribution < 1.29 is 0 Å². The van der Waals surface area contributed by atoms with Crippen LogP contribution in [0.1, 0.15) is 48.1 Å². The normalized spacial score (nSPS) is 11.1. The van der Waals surface area contributed by atoms with Gasteiger partial charge < -0.3 is 0 Å². The Labute approximate surface area is 106 Å². The molecule has 0 atom stereocenters. The first-order valence-corrected chi connectivity index (χ1v) is 6.34. The number of aryl methyl sites for hydroxylation is 2. The van der Waals surface area contributed by atoms with Crippen molar-refractivity contribution in [1.29, 1.82) is 0 Å². The number of benzene rings is 1. The van der Waals surface area contributed by atoms with Gasteiger partial charge in [0.15, 0.2) is 0 Å². The molecule has 0 aliphatic heterocycles. The lowest BCUT2D eigenvalue weighted by atomic mass is 9.90. The van der Waals surface area contributed by atoms with Crippen molar-refractivity contribution in [1.82, 2.24) is 0 Å². The van der Waals surface area contributed by atoms with Gasteiger partial charge in [0.2, 0.25) is 0 Å². The minimum absolute atomic E-state index is 1.08. The van der Waals surface area contributed by atoms with Crippen LogP contribution in [0.4, 0.5) is 0 Å². The van der Waals surface area contributed by atoms with Crippen molar-refractivity contribution >= 4 is 6.08 Å². The van der Waals surface area contributed by atoms with Gasteiger partial charge in [-0.1, -0.05) is 23.8 Å². The van der Waals surface area contributed by atoms with Crippen LogP contribution in [-0.2, 0) is 6.42 Å². The summed E-state index contributed by atoms with van der Waals surface area (Å²) in [5, 5.41) is 0. The van der Waals surface area contributed by atoms with Crippen molar-refractivity contribution in [3.8, 4) is 0 Å². The maximum atomic E-state index is 3.99. The summed E-state index contributed by atoms with van der Waals surface area (Å²) in [5.74, 6) is 0. The van der Waals surface area contributed by atoms with Crippen molar-refractivity contribution in [3.63, 3.8) is 0 Å². The van der Waals surface area contributed by atoms with Crippen molar-refractivity contribution in [3.05, 3.63) is 52.1 Å². The molecule has 1 rings (SSSR count). The maximum absolute atomic E-state index is 3.99. The molecule has 0 saturated heterocycles. The summed E-state index contributed by atoms with van der Waals surface area (Å²) >= 11 is 0. The maximum Gasteiger partial charge on any atom is -0.0198 e. The molecule has 0 spiro atoms. The first-order chi connectivity index (χ1) is 7.97. The zero-order valence-electron chi connectivity index (χ0n) is 11.9. The van der Waals surface area contributed by atoms with E-state index in [4.69, 9.17) is 0 Å². The second-order valence-corrected chi connectivity index (χ2v) is 4.98. The van der Waals surface area contributed by atoms with Crippen LogP contribution < -0.4 is 0 Å². The fourth-order valence-electron chi connectivity index (χ4n) is 2.39. The molecule has 1 aromatic carbocycles. The molecule has 0 radical (unpaired) electrons. The van der Waals surface area contributed by atoms with E-state index in [1.165, 1.54) is 33.4 Å².